The molecule has 1 heterocycles. The number of rotatable bonds is 2. The summed E-state index contributed by atoms with van der Waals surface area (Å²) in [5.74, 6) is -1.07. The lowest BCUT2D eigenvalue weighted by atomic mass is 10.1. The van der Waals surface area contributed by atoms with Gasteiger partial charge in [-0.25, -0.2) is 4.79 Å². The zero-order valence-corrected chi connectivity index (χ0v) is 11.0. The fourth-order valence-electron chi connectivity index (χ4n) is 2.21. The molecule has 1 aromatic carbocycles. The van der Waals surface area contributed by atoms with Crippen molar-refractivity contribution in [1.29, 1.82) is 5.26 Å². The first-order chi connectivity index (χ1) is 9.45. The van der Waals surface area contributed by atoms with Gasteiger partial charge >= 0.3 is 5.97 Å². The number of hydrogen-bond acceptors (Lipinski definition) is 3. The predicted octanol–water partition coefficient (Wildman–Crippen LogP) is 2.02. The van der Waals surface area contributed by atoms with Crippen molar-refractivity contribution < 1.29 is 9.90 Å². The number of carbonyl (C=O) groups is 1. The van der Waals surface area contributed by atoms with E-state index in [1.54, 1.807) is 38.1 Å². The van der Waals surface area contributed by atoms with Crippen LogP contribution in [0.1, 0.15) is 27.2 Å². The van der Waals surface area contributed by atoms with Gasteiger partial charge in [-0.3, -0.25) is 9.36 Å². The van der Waals surface area contributed by atoms with Crippen molar-refractivity contribution in [3.63, 3.8) is 0 Å². The number of nitrogens with zero attached hydrogens (tertiary/aromatic N) is 2. The molecule has 0 aliphatic heterocycles. The van der Waals surface area contributed by atoms with Crippen LogP contribution in [0, 0.1) is 25.2 Å². The highest BCUT2D eigenvalue weighted by Crippen LogP contribution is 2.16. The van der Waals surface area contributed by atoms with Gasteiger partial charge in [0, 0.05) is 17.4 Å². The summed E-state index contributed by atoms with van der Waals surface area (Å²) in [5.41, 5.74) is 1.64. The average Bonchev–Trinajstić information content (AvgIpc) is 2.38. The monoisotopic (exact) mass is 268 g/mol. The lowest BCUT2D eigenvalue weighted by Gasteiger charge is -2.14. The zero-order valence-electron chi connectivity index (χ0n) is 11.0. The van der Waals surface area contributed by atoms with Crippen LogP contribution in [-0.2, 0) is 0 Å². The maximum absolute atomic E-state index is 12.1. The summed E-state index contributed by atoms with van der Waals surface area (Å²) in [4.78, 5) is 23.4. The molecule has 0 bridgehead atoms. The molecule has 0 saturated carbocycles. The molecule has 1 N–H and O–H groups in total. The van der Waals surface area contributed by atoms with E-state index < -0.39 is 5.97 Å². The van der Waals surface area contributed by atoms with Crippen LogP contribution in [0.15, 0.2) is 35.1 Å². The Bertz CT molecular complexity index is 780. The second kappa shape index (κ2) is 5.02. The molecule has 5 heteroatoms. The van der Waals surface area contributed by atoms with Crippen LogP contribution >= 0.6 is 0 Å². The number of aryl methyl sites for hydroxylation is 1. The van der Waals surface area contributed by atoms with Crippen molar-refractivity contribution in [1.82, 2.24) is 4.57 Å². The standard InChI is InChI=1S/C15H12N2O3/c1-9-7-13(18)17(10(2)14(9)15(19)20)12-5-3-11(8-16)4-6-12/h3-7H,1-2H3,(H,19,20). The van der Waals surface area contributed by atoms with Crippen molar-refractivity contribution in [3.8, 4) is 11.8 Å². The van der Waals surface area contributed by atoms with Crippen molar-refractivity contribution in [3.05, 3.63) is 63.1 Å². The lowest BCUT2D eigenvalue weighted by molar-refractivity contribution is 0.0694. The van der Waals surface area contributed by atoms with E-state index in [4.69, 9.17) is 5.26 Å². The maximum atomic E-state index is 12.1. The van der Waals surface area contributed by atoms with Gasteiger partial charge in [0.15, 0.2) is 0 Å². The van der Waals surface area contributed by atoms with Crippen LogP contribution in [0.3, 0.4) is 0 Å². The molecule has 0 atom stereocenters. The third-order valence-corrected chi connectivity index (χ3v) is 3.12. The summed E-state index contributed by atoms with van der Waals surface area (Å²) in [5, 5.41) is 18.0. The van der Waals surface area contributed by atoms with Gasteiger partial charge in [-0.1, -0.05) is 0 Å². The molecule has 0 amide bonds. The van der Waals surface area contributed by atoms with Gasteiger partial charge in [-0.05, 0) is 43.7 Å². The van der Waals surface area contributed by atoms with Gasteiger partial charge in [0.25, 0.3) is 5.56 Å². The highest BCUT2D eigenvalue weighted by molar-refractivity contribution is 5.90. The maximum Gasteiger partial charge on any atom is 0.337 e. The van der Waals surface area contributed by atoms with Crippen molar-refractivity contribution >= 4 is 5.97 Å². The van der Waals surface area contributed by atoms with Gasteiger partial charge in [0.1, 0.15) is 0 Å². The van der Waals surface area contributed by atoms with E-state index in [0.29, 0.717) is 22.5 Å². The first-order valence-electron chi connectivity index (χ1n) is 5.92. The summed E-state index contributed by atoms with van der Waals surface area (Å²) >= 11 is 0. The van der Waals surface area contributed by atoms with Crippen LogP contribution in [-0.4, -0.2) is 15.6 Å². The second-order valence-electron chi connectivity index (χ2n) is 4.43. The zero-order chi connectivity index (χ0) is 14.9. The van der Waals surface area contributed by atoms with Crippen LogP contribution in [0.4, 0.5) is 0 Å². The molecule has 5 nitrogen and oxygen atoms in total. The molecular weight excluding hydrogens is 256 g/mol. The third kappa shape index (κ3) is 2.19. The molecule has 0 unspecified atom stereocenters. The van der Waals surface area contributed by atoms with Crippen LogP contribution in [0.5, 0.6) is 0 Å². The molecule has 0 spiro atoms. The number of nitriles is 1. The quantitative estimate of drug-likeness (QED) is 0.903. The van der Waals surface area contributed by atoms with E-state index in [9.17, 15) is 14.7 Å². The van der Waals surface area contributed by atoms with Crippen LogP contribution in [0.2, 0.25) is 0 Å². The normalized spacial score (nSPS) is 10.1. The minimum Gasteiger partial charge on any atom is -0.478 e. The predicted molar refractivity (Wildman–Crippen MR) is 73.2 cm³/mol. The molecule has 2 aromatic rings. The summed E-state index contributed by atoms with van der Waals surface area (Å²) in [6.07, 6.45) is 0. The number of aromatic nitrogens is 1. The first-order valence-corrected chi connectivity index (χ1v) is 5.92. The van der Waals surface area contributed by atoms with Crippen molar-refractivity contribution in [2.75, 3.05) is 0 Å². The Balaban J connectivity index is 2.74. The number of aromatic carboxylic acids is 1. The number of hydrogen-bond donors (Lipinski definition) is 1. The Morgan fingerprint density at radius 2 is 1.85 bits per heavy atom. The van der Waals surface area contributed by atoms with Crippen LogP contribution in [0.25, 0.3) is 5.69 Å². The fraction of sp³-hybridized carbons (Fsp3) is 0.133. The molecule has 0 radical (unpaired) electrons. The smallest absolute Gasteiger partial charge is 0.337 e. The van der Waals surface area contributed by atoms with E-state index in [1.807, 2.05) is 6.07 Å². The van der Waals surface area contributed by atoms with Crippen LogP contribution < -0.4 is 5.56 Å². The molecule has 0 fully saturated rings. The van der Waals surface area contributed by atoms with Gasteiger partial charge in [0.2, 0.25) is 0 Å². The Morgan fingerprint density at radius 3 is 2.35 bits per heavy atom. The molecule has 100 valence electrons. The van der Waals surface area contributed by atoms with Crippen molar-refractivity contribution in [2.24, 2.45) is 0 Å². The molecule has 0 aliphatic rings. The van der Waals surface area contributed by atoms with E-state index in [2.05, 4.69) is 0 Å². The number of carboxylic acids is 1. The molecule has 0 aliphatic carbocycles. The number of pyridine rings is 1. The molecule has 1 aromatic heterocycles. The Morgan fingerprint density at radius 1 is 1.25 bits per heavy atom. The third-order valence-electron chi connectivity index (χ3n) is 3.12. The van der Waals surface area contributed by atoms with Gasteiger partial charge < -0.3 is 5.11 Å². The number of carboxylic acid groups (broad SMARTS) is 1. The average molecular weight is 268 g/mol. The van der Waals surface area contributed by atoms with E-state index in [1.165, 1.54) is 10.6 Å². The molecule has 0 saturated heterocycles. The van der Waals surface area contributed by atoms with E-state index >= 15 is 0 Å². The minimum atomic E-state index is -1.07. The molecule has 2 rings (SSSR count). The Labute approximate surface area is 115 Å². The van der Waals surface area contributed by atoms with E-state index in [-0.39, 0.29) is 11.1 Å². The molecular formula is C15H12N2O3. The molecule has 20 heavy (non-hydrogen) atoms. The lowest BCUT2D eigenvalue weighted by Crippen LogP contribution is -2.24. The summed E-state index contributed by atoms with van der Waals surface area (Å²) in [7, 11) is 0. The van der Waals surface area contributed by atoms with Crippen molar-refractivity contribution in [2.45, 2.75) is 13.8 Å². The van der Waals surface area contributed by atoms with Gasteiger partial charge in [0.05, 0.1) is 17.2 Å². The Hall–Kier alpha value is -2.87. The summed E-state index contributed by atoms with van der Waals surface area (Å²) in [6.45, 7) is 3.19. The van der Waals surface area contributed by atoms with E-state index in [0.717, 1.165) is 0 Å². The Kier molecular flexibility index (Phi) is 3.40. The SMILES string of the molecule is Cc1cc(=O)n(-c2ccc(C#N)cc2)c(C)c1C(=O)O. The summed E-state index contributed by atoms with van der Waals surface area (Å²) in [6, 6.07) is 9.70. The first kappa shape index (κ1) is 13.6. The highest BCUT2D eigenvalue weighted by Gasteiger charge is 2.16. The van der Waals surface area contributed by atoms with Gasteiger partial charge in [-0.15, -0.1) is 0 Å². The van der Waals surface area contributed by atoms with Gasteiger partial charge in [-0.2, -0.15) is 5.26 Å². The topological polar surface area (TPSA) is 83.1 Å². The highest BCUT2D eigenvalue weighted by atomic mass is 16.4. The summed E-state index contributed by atoms with van der Waals surface area (Å²) < 4.78 is 1.33. The second-order valence-corrected chi connectivity index (χ2v) is 4.43. The largest absolute Gasteiger partial charge is 0.478 e. The minimum absolute atomic E-state index is 0.119. The fourth-order valence-corrected chi connectivity index (χ4v) is 2.21. The number of benzene rings is 1.